The summed E-state index contributed by atoms with van der Waals surface area (Å²) in [6, 6.07) is 13.7. The average Bonchev–Trinajstić information content (AvgIpc) is 3.26. The van der Waals surface area contributed by atoms with Crippen molar-refractivity contribution >= 4 is 23.6 Å². The largest absolute Gasteiger partial charge is 0.468 e. The van der Waals surface area contributed by atoms with Gasteiger partial charge in [-0.2, -0.15) is 11.8 Å². The van der Waals surface area contributed by atoms with E-state index in [4.69, 9.17) is 4.42 Å². The Labute approximate surface area is 151 Å². The Morgan fingerprint density at radius 2 is 2.08 bits per heavy atom. The first kappa shape index (κ1) is 17.6. The number of rotatable bonds is 8. The predicted octanol–water partition coefficient (Wildman–Crippen LogP) is 2.68. The summed E-state index contributed by atoms with van der Waals surface area (Å²) in [6.45, 7) is 1.68. The molecule has 0 bridgehead atoms. The monoisotopic (exact) mass is 358 g/mol. The lowest BCUT2D eigenvalue weighted by Crippen LogP contribution is -2.34. The molecular formula is C19H22N2O3S. The molecule has 1 aliphatic heterocycles. The number of thioether (sulfide) groups is 1. The molecule has 2 aromatic rings. The van der Waals surface area contributed by atoms with Crippen molar-refractivity contribution in [3.63, 3.8) is 0 Å². The Kier molecular flexibility index (Phi) is 6.17. The van der Waals surface area contributed by atoms with Gasteiger partial charge in [0.2, 0.25) is 11.8 Å². The number of nitrogens with one attached hydrogen (secondary N) is 1. The molecule has 0 radical (unpaired) electrons. The van der Waals surface area contributed by atoms with Gasteiger partial charge in [0.05, 0.1) is 17.9 Å². The number of likely N-dealkylation sites (tertiary alicyclic amines) is 1. The van der Waals surface area contributed by atoms with Crippen LogP contribution in [0.15, 0.2) is 53.1 Å². The molecule has 3 rings (SSSR count). The van der Waals surface area contributed by atoms with Gasteiger partial charge in [-0.25, -0.2) is 0 Å². The van der Waals surface area contributed by atoms with Crippen LogP contribution in [0.5, 0.6) is 0 Å². The maximum Gasteiger partial charge on any atom is 0.225 e. The first-order valence-electron chi connectivity index (χ1n) is 8.42. The topological polar surface area (TPSA) is 62.6 Å². The SMILES string of the molecule is O=C(NCCSCc1ccco1)[C@H]1CC(=O)N(Cc2ccccc2)C1. The van der Waals surface area contributed by atoms with Crippen molar-refractivity contribution in [2.45, 2.75) is 18.7 Å². The van der Waals surface area contributed by atoms with E-state index in [2.05, 4.69) is 5.32 Å². The number of hydrogen-bond acceptors (Lipinski definition) is 4. The van der Waals surface area contributed by atoms with Crippen LogP contribution in [0, 0.1) is 5.92 Å². The third-order valence-corrected chi connectivity index (χ3v) is 5.15. The maximum atomic E-state index is 12.3. The van der Waals surface area contributed by atoms with Gasteiger partial charge >= 0.3 is 0 Å². The number of nitrogens with zero attached hydrogens (tertiary/aromatic N) is 1. The van der Waals surface area contributed by atoms with Crippen molar-refractivity contribution in [3.8, 4) is 0 Å². The standard InChI is InChI=1S/C19H22N2O3S/c22-18-11-16(13-21(18)12-15-5-2-1-3-6-15)19(23)20-8-10-25-14-17-7-4-9-24-17/h1-7,9,16H,8,10-14H2,(H,20,23)/t16-/m0/s1. The fourth-order valence-corrected chi connectivity index (χ4v) is 3.62. The minimum atomic E-state index is -0.244. The van der Waals surface area contributed by atoms with Gasteiger partial charge in [-0.1, -0.05) is 30.3 Å². The van der Waals surface area contributed by atoms with E-state index in [1.165, 1.54) is 0 Å². The van der Waals surface area contributed by atoms with Crippen molar-refractivity contribution in [2.75, 3.05) is 18.8 Å². The quantitative estimate of drug-likeness (QED) is 0.737. The van der Waals surface area contributed by atoms with Crippen LogP contribution < -0.4 is 5.32 Å². The van der Waals surface area contributed by atoms with Crippen LogP contribution in [0.2, 0.25) is 0 Å². The van der Waals surface area contributed by atoms with Gasteiger partial charge in [-0.05, 0) is 17.7 Å². The lowest BCUT2D eigenvalue weighted by molar-refractivity contribution is -0.129. The van der Waals surface area contributed by atoms with Gasteiger partial charge in [0, 0.05) is 31.8 Å². The van der Waals surface area contributed by atoms with Gasteiger partial charge in [0.15, 0.2) is 0 Å². The molecule has 0 saturated carbocycles. The van der Waals surface area contributed by atoms with Gasteiger partial charge in [-0.15, -0.1) is 0 Å². The molecular weight excluding hydrogens is 336 g/mol. The van der Waals surface area contributed by atoms with Gasteiger partial charge in [-0.3, -0.25) is 9.59 Å². The third-order valence-electron chi connectivity index (χ3n) is 4.17. The van der Waals surface area contributed by atoms with E-state index >= 15 is 0 Å². The van der Waals surface area contributed by atoms with E-state index in [1.54, 1.807) is 22.9 Å². The van der Waals surface area contributed by atoms with Crippen molar-refractivity contribution < 1.29 is 14.0 Å². The molecule has 1 fully saturated rings. The van der Waals surface area contributed by atoms with E-state index in [1.807, 2.05) is 42.5 Å². The zero-order valence-electron chi connectivity index (χ0n) is 14.0. The smallest absolute Gasteiger partial charge is 0.225 e. The van der Waals surface area contributed by atoms with E-state index in [9.17, 15) is 9.59 Å². The number of hydrogen-bond donors (Lipinski definition) is 1. The summed E-state index contributed by atoms with van der Waals surface area (Å²) in [7, 11) is 0. The van der Waals surface area contributed by atoms with Crippen molar-refractivity contribution in [3.05, 3.63) is 60.1 Å². The van der Waals surface area contributed by atoms with Crippen molar-refractivity contribution in [2.24, 2.45) is 5.92 Å². The summed E-state index contributed by atoms with van der Waals surface area (Å²) in [4.78, 5) is 26.2. The Morgan fingerprint density at radius 1 is 1.24 bits per heavy atom. The molecule has 0 unspecified atom stereocenters. The minimum Gasteiger partial charge on any atom is -0.468 e. The van der Waals surface area contributed by atoms with E-state index in [0.29, 0.717) is 26.1 Å². The number of carbonyl (C=O) groups excluding carboxylic acids is 2. The van der Waals surface area contributed by atoms with E-state index < -0.39 is 0 Å². The normalized spacial score (nSPS) is 17.0. The molecule has 0 aliphatic carbocycles. The first-order valence-corrected chi connectivity index (χ1v) is 9.57. The van der Waals surface area contributed by atoms with Crippen LogP contribution in [0.1, 0.15) is 17.7 Å². The third kappa shape index (κ3) is 5.13. The van der Waals surface area contributed by atoms with Crippen LogP contribution in [0.3, 0.4) is 0 Å². The number of benzene rings is 1. The number of amides is 2. The van der Waals surface area contributed by atoms with E-state index in [0.717, 1.165) is 22.8 Å². The lowest BCUT2D eigenvalue weighted by Gasteiger charge is -2.16. The fraction of sp³-hybridized carbons (Fsp3) is 0.368. The summed E-state index contributed by atoms with van der Waals surface area (Å²) < 4.78 is 5.26. The van der Waals surface area contributed by atoms with Gasteiger partial charge in [0.1, 0.15) is 5.76 Å². The highest BCUT2D eigenvalue weighted by Crippen LogP contribution is 2.20. The highest BCUT2D eigenvalue weighted by molar-refractivity contribution is 7.98. The summed E-state index contributed by atoms with van der Waals surface area (Å²) in [6.07, 6.45) is 1.97. The second kappa shape index (κ2) is 8.76. The van der Waals surface area contributed by atoms with Gasteiger partial charge in [0.25, 0.3) is 0 Å². The van der Waals surface area contributed by atoms with Gasteiger partial charge < -0.3 is 14.6 Å². The molecule has 1 atom stereocenters. The molecule has 0 spiro atoms. The predicted molar refractivity (Wildman–Crippen MR) is 97.8 cm³/mol. The Morgan fingerprint density at radius 3 is 2.84 bits per heavy atom. The molecule has 5 nitrogen and oxygen atoms in total. The zero-order chi connectivity index (χ0) is 17.5. The summed E-state index contributed by atoms with van der Waals surface area (Å²) in [5.74, 6) is 2.34. The first-order chi connectivity index (χ1) is 12.2. The van der Waals surface area contributed by atoms with Crippen molar-refractivity contribution in [1.29, 1.82) is 0 Å². The van der Waals surface area contributed by atoms with E-state index in [-0.39, 0.29) is 17.7 Å². The Hall–Kier alpha value is -2.21. The Bertz CT molecular complexity index is 688. The molecule has 6 heteroatoms. The highest BCUT2D eigenvalue weighted by Gasteiger charge is 2.33. The summed E-state index contributed by atoms with van der Waals surface area (Å²) in [5.41, 5.74) is 1.09. The van der Waals surface area contributed by atoms with Crippen molar-refractivity contribution in [1.82, 2.24) is 10.2 Å². The highest BCUT2D eigenvalue weighted by atomic mass is 32.2. The molecule has 132 valence electrons. The number of furan rings is 1. The molecule has 2 amide bonds. The molecule has 25 heavy (non-hydrogen) atoms. The molecule has 1 aliphatic rings. The Balaban J connectivity index is 1.37. The average molecular weight is 358 g/mol. The molecule has 1 aromatic heterocycles. The maximum absolute atomic E-state index is 12.3. The lowest BCUT2D eigenvalue weighted by atomic mass is 10.1. The summed E-state index contributed by atoms with van der Waals surface area (Å²) >= 11 is 1.71. The van der Waals surface area contributed by atoms with Crippen LogP contribution in [-0.4, -0.2) is 35.6 Å². The second-order valence-electron chi connectivity index (χ2n) is 6.08. The molecule has 2 heterocycles. The summed E-state index contributed by atoms with van der Waals surface area (Å²) in [5, 5.41) is 2.94. The fourth-order valence-electron chi connectivity index (χ4n) is 2.86. The zero-order valence-corrected chi connectivity index (χ0v) is 14.8. The molecule has 1 aromatic carbocycles. The number of carbonyl (C=O) groups is 2. The van der Waals surface area contributed by atoms with Crippen LogP contribution in [-0.2, 0) is 21.9 Å². The second-order valence-corrected chi connectivity index (χ2v) is 7.19. The molecule has 1 N–H and O–H groups in total. The van der Waals surface area contributed by atoms with Crippen LogP contribution >= 0.6 is 11.8 Å². The van der Waals surface area contributed by atoms with Crippen LogP contribution in [0.4, 0.5) is 0 Å². The molecule has 1 saturated heterocycles. The van der Waals surface area contributed by atoms with Crippen LogP contribution in [0.25, 0.3) is 0 Å². The minimum absolute atomic E-state index is 0.0255.